The monoisotopic (exact) mass is 363 g/mol. The average Bonchev–Trinajstić information content (AvgIpc) is 3.22. The number of nitrogens with zero attached hydrogens (tertiary/aromatic N) is 1. The van der Waals surface area contributed by atoms with Gasteiger partial charge in [-0.15, -0.1) is 6.58 Å². The average molecular weight is 364 g/mol. The number of fused-ring (bicyclic) bond motifs is 2. The highest BCUT2D eigenvalue weighted by atomic mass is 16.2. The molecule has 1 fully saturated rings. The van der Waals surface area contributed by atoms with E-state index in [1.165, 1.54) is 32.0 Å². The number of carbonyl (C=O) groups is 3. The standard InChI is InChI=1S/C8H12.C5H5NO2.C4H6O.C3H6.2CH4/c1-6-4-7-2-3-8(6)5-7;1-6-4(7)2-3-5(6)8;1-4(2)3-5;1-3-2;;/h2-3,6-8H,4-5H2,1H3;2-3H,1H3;3H,1H2,2H3;3H,1H2,2H3;2*1H4. The van der Waals surface area contributed by atoms with Crippen LogP contribution in [0, 0.1) is 17.8 Å². The first-order valence-corrected chi connectivity index (χ1v) is 8.12. The minimum absolute atomic E-state index is 0. The molecule has 3 atom stereocenters. The Balaban J connectivity index is -0.000000281. The number of aldehydes is 1. The molecule has 3 rings (SSSR count). The van der Waals surface area contributed by atoms with Gasteiger partial charge in [-0.3, -0.25) is 19.3 Å². The number of imide groups is 1. The zero-order valence-corrected chi connectivity index (χ0v) is 15.2. The Morgan fingerprint density at radius 2 is 1.58 bits per heavy atom. The van der Waals surface area contributed by atoms with Crippen LogP contribution in [0.3, 0.4) is 0 Å². The third kappa shape index (κ3) is 10.6. The minimum Gasteiger partial charge on any atom is -0.298 e. The number of amides is 2. The first-order valence-electron chi connectivity index (χ1n) is 8.12. The summed E-state index contributed by atoms with van der Waals surface area (Å²) < 4.78 is 0. The van der Waals surface area contributed by atoms with Crippen molar-refractivity contribution in [3.63, 3.8) is 0 Å². The highest BCUT2D eigenvalue weighted by Crippen LogP contribution is 2.42. The van der Waals surface area contributed by atoms with Gasteiger partial charge >= 0.3 is 0 Å². The van der Waals surface area contributed by atoms with Crippen molar-refractivity contribution in [2.45, 2.75) is 48.5 Å². The molecule has 2 aliphatic carbocycles. The Morgan fingerprint density at radius 3 is 1.69 bits per heavy atom. The molecule has 1 saturated carbocycles. The van der Waals surface area contributed by atoms with Crippen LogP contribution in [0.25, 0.3) is 0 Å². The van der Waals surface area contributed by atoms with Crippen molar-refractivity contribution in [2.24, 2.45) is 17.8 Å². The normalized spacial score (nSPS) is 23.1. The van der Waals surface area contributed by atoms with Crippen molar-refractivity contribution >= 4 is 18.1 Å². The molecule has 4 heteroatoms. The molecule has 26 heavy (non-hydrogen) atoms. The summed E-state index contributed by atoms with van der Waals surface area (Å²) in [5, 5.41) is 0. The number of hydrogen-bond donors (Lipinski definition) is 0. The molecule has 0 spiro atoms. The number of hydrogen-bond acceptors (Lipinski definition) is 3. The van der Waals surface area contributed by atoms with Gasteiger partial charge in [0.15, 0.2) is 0 Å². The van der Waals surface area contributed by atoms with Crippen molar-refractivity contribution in [3.05, 3.63) is 49.1 Å². The Bertz CT molecular complexity index is 514. The van der Waals surface area contributed by atoms with E-state index >= 15 is 0 Å². The Morgan fingerprint density at radius 1 is 1.15 bits per heavy atom. The van der Waals surface area contributed by atoms with E-state index in [0.29, 0.717) is 5.57 Å². The Labute approximate surface area is 160 Å². The van der Waals surface area contributed by atoms with Crippen molar-refractivity contribution in [2.75, 3.05) is 7.05 Å². The summed E-state index contributed by atoms with van der Waals surface area (Å²) in [4.78, 5) is 31.3. The van der Waals surface area contributed by atoms with Gasteiger partial charge in [-0.2, -0.15) is 0 Å². The van der Waals surface area contributed by atoms with Crippen LogP contribution in [0.4, 0.5) is 0 Å². The van der Waals surface area contributed by atoms with Crippen LogP contribution >= 0.6 is 0 Å². The van der Waals surface area contributed by atoms with Crippen molar-refractivity contribution in [1.29, 1.82) is 0 Å². The molecular weight excluding hydrogens is 326 g/mol. The molecule has 4 nitrogen and oxygen atoms in total. The fourth-order valence-electron chi connectivity index (χ4n) is 2.53. The van der Waals surface area contributed by atoms with Crippen LogP contribution in [0.2, 0.25) is 0 Å². The van der Waals surface area contributed by atoms with E-state index in [0.717, 1.165) is 28.9 Å². The van der Waals surface area contributed by atoms with Gasteiger partial charge in [0.2, 0.25) is 0 Å². The van der Waals surface area contributed by atoms with E-state index in [9.17, 15) is 14.4 Å². The highest BCUT2D eigenvalue weighted by Gasteiger charge is 2.32. The maximum atomic E-state index is 10.4. The van der Waals surface area contributed by atoms with Gasteiger partial charge in [-0.25, -0.2) is 0 Å². The van der Waals surface area contributed by atoms with E-state index < -0.39 is 0 Å². The molecule has 0 aromatic heterocycles. The molecule has 2 amide bonds. The van der Waals surface area contributed by atoms with Gasteiger partial charge in [0, 0.05) is 19.2 Å². The lowest BCUT2D eigenvalue weighted by Crippen LogP contribution is -2.24. The number of carbonyl (C=O) groups excluding carboxylic acids is 3. The van der Waals surface area contributed by atoms with E-state index in [1.54, 1.807) is 13.0 Å². The SMILES string of the molecule is C.C.C=C(C)C=O.C=CC.CC1CC2C=CC1C2.CN1C(=O)C=CC1=O. The van der Waals surface area contributed by atoms with E-state index in [-0.39, 0.29) is 26.7 Å². The van der Waals surface area contributed by atoms with Crippen molar-refractivity contribution < 1.29 is 14.4 Å². The van der Waals surface area contributed by atoms with Gasteiger partial charge in [0.1, 0.15) is 6.29 Å². The van der Waals surface area contributed by atoms with Crippen LogP contribution in [0.15, 0.2) is 49.1 Å². The molecular formula is C22H37NO3. The topological polar surface area (TPSA) is 54.5 Å². The van der Waals surface area contributed by atoms with Gasteiger partial charge in [0.05, 0.1) is 0 Å². The molecule has 0 radical (unpaired) electrons. The summed E-state index contributed by atoms with van der Waals surface area (Å²) in [5.74, 6) is 2.44. The summed E-state index contributed by atoms with van der Waals surface area (Å²) >= 11 is 0. The molecule has 2 bridgehead atoms. The zero-order chi connectivity index (χ0) is 18.7. The van der Waals surface area contributed by atoms with Gasteiger partial charge in [-0.1, -0.05) is 46.6 Å². The third-order valence-corrected chi connectivity index (χ3v) is 3.84. The maximum Gasteiger partial charge on any atom is 0.253 e. The van der Waals surface area contributed by atoms with Crippen molar-refractivity contribution in [1.82, 2.24) is 4.90 Å². The lowest BCUT2D eigenvalue weighted by molar-refractivity contribution is -0.135. The molecule has 1 heterocycles. The molecule has 3 aliphatic rings. The summed E-state index contributed by atoms with van der Waals surface area (Å²) in [5.41, 5.74) is 0.574. The van der Waals surface area contributed by atoms with E-state index in [4.69, 9.17) is 0 Å². The highest BCUT2D eigenvalue weighted by molar-refractivity contribution is 6.12. The van der Waals surface area contributed by atoms with Crippen LogP contribution in [0.1, 0.15) is 48.5 Å². The lowest BCUT2D eigenvalue weighted by Gasteiger charge is -2.09. The molecule has 0 saturated heterocycles. The Hall–Kier alpha value is -2.23. The maximum absolute atomic E-state index is 10.4. The first kappa shape index (κ1) is 28.6. The largest absolute Gasteiger partial charge is 0.298 e. The van der Waals surface area contributed by atoms with Gasteiger partial charge < -0.3 is 0 Å². The molecule has 1 aliphatic heterocycles. The lowest BCUT2D eigenvalue weighted by atomic mass is 9.96. The van der Waals surface area contributed by atoms with Crippen LogP contribution in [0.5, 0.6) is 0 Å². The predicted molar refractivity (Wildman–Crippen MR) is 112 cm³/mol. The zero-order valence-electron chi connectivity index (χ0n) is 15.2. The van der Waals surface area contributed by atoms with Crippen LogP contribution < -0.4 is 0 Å². The fraction of sp³-hybridized carbons (Fsp3) is 0.500. The van der Waals surface area contributed by atoms with E-state index in [2.05, 4.69) is 32.2 Å². The van der Waals surface area contributed by atoms with Crippen molar-refractivity contribution in [3.8, 4) is 0 Å². The third-order valence-electron chi connectivity index (χ3n) is 3.84. The molecule has 0 aromatic rings. The summed E-state index contributed by atoms with van der Waals surface area (Å²) in [6.45, 7) is 12.6. The summed E-state index contributed by atoms with van der Waals surface area (Å²) in [6, 6.07) is 0. The van der Waals surface area contributed by atoms with Gasteiger partial charge in [-0.05, 0) is 50.0 Å². The number of allylic oxidation sites excluding steroid dienone is 4. The van der Waals surface area contributed by atoms with Gasteiger partial charge in [0.25, 0.3) is 11.8 Å². The second kappa shape index (κ2) is 15.1. The Kier molecular flexibility index (Phi) is 16.5. The summed E-state index contributed by atoms with van der Waals surface area (Å²) in [6.07, 6.45) is 12.7. The first-order chi connectivity index (χ1) is 11.3. The van der Waals surface area contributed by atoms with Crippen LogP contribution in [-0.4, -0.2) is 30.0 Å². The molecule has 0 aromatic carbocycles. The smallest absolute Gasteiger partial charge is 0.253 e. The molecule has 148 valence electrons. The van der Waals surface area contributed by atoms with E-state index in [1.807, 2.05) is 6.92 Å². The molecule has 3 unspecified atom stereocenters. The number of rotatable bonds is 1. The summed E-state index contributed by atoms with van der Waals surface area (Å²) in [7, 11) is 1.45. The molecule has 0 N–H and O–H groups in total. The minimum atomic E-state index is -0.241. The predicted octanol–water partition coefficient (Wildman–Crippen LogP) is 4.99. The second-order valence-electron chi connectivity index (χ2n) is 6.20. The second-order valence-corrected chi connectivity index (χ2v) is 6.20. The fourth-order valence-corrected chi connectivity index (χ4v) is 2.53. The van der Waals surface area contributed by atoms with Crippen LogP contribution in [-0.2, 0) is 14.4 Å². The quantitative estimate of drug-likeness (QED) is 0.285. The number of likely N-dealkylation sites (N-methyl/N-ethyl adjacent to an activating group) is 1.